The molecule has 7 nitrogen and oxygen atoms in total. The predicted molar refractivity (Wildman–Crippen MR) is 111 cm³/mol. The molecule has 0 spiro atoms. The van der Waals surface area contributed by atoms with Gasteiger partial charge in [-0.2, -0.15) is 18.2 Å². The lowest BCUT2D eigenvalue weighted by molar-refractivity contribution is -0.182. The third-order valence-corrected chi connectivity index (χ3v) is 7.77. The van der Waals surface area contributed by atoms with Gasteiger partial charge in [-0.15, -0.1) is 11.3 Å². The molecule has 11 heteroatoms. The first kappa shape index (κ1) is 20.7. The Morgan fingerprint density at radius 2 is 2.23 bits per heavy atom. The molecule has 31 heavy (non-hydrogen) atoms. The number of nitrogens with one attached hydrogen (secondary N) is 1. The number of aryl methyl sites for hydroxylation is 1. The van der Waals surface area contributed by atoms with Crippen molar-refractivity contribution in [2.75, 3.05) is 29.9 Å². The summed E-state index contributed by atoms with van der Waals surface area (Å²) in [5.41, 5.74) is -0.199. The zero-order chi connectivity index (χ0) is 22.0. The standard InChI is InChI=1S/C20H24F3N5O2S/c1-11-15(31-10-25-11)3-4-28-18-26-16(24-7-14-13-5-12(13)8-30-14)6-17(29)27(18)9-19(28,2)20(21,22)23/h6,10,12-14,24H,3-5,7-9H2,1-2H3/t12?,13?,14-,19+/m1/s1. The fourth-order valence-electron chi connectivity index (χ4n) is 4.63. The van der Waals surface area contributed by atoms with Crippen molar-refractivity contribution in [3.8, 4) is 0 Å². The van der Waals surface area contributed by atoms with Gasteiger partial charge in [0.25, 0.3) is 5.56 Å². The second-order valence-corrected chi connectivity index (χ2v) is 9.75. The van der Waals surface area contributed by atoms with Crippen LogP contribution in [0, 0.1) is 18.8 Å². The molecule has 2 aliphatic heterocycles. The van der Waals surface area contributed by atoms with E-state index in [4.69, 9.17) is 4.74 Å². The van der Waals surface area contributed by atoms with E-state index in [1.54, 1.807) is 5.51 Å². The number of alkyl halides is 3. The van der Waals surface area contributed by atoms with Crippen LogP contribution in [0.1, 0.15) is 23.9 Å². The van der Waals surface area contributed by atoms with Gasteiger partial charge in [-0.1, -0.05) is 0 Å². The number of ether oxygens (including phenoxy) is 1. The molecule has 0 amide bonds. The average molecular weight is 456 g/mol. The summed E-state index contributed by atoms with van der Waals surface area (Å²) in [6.45, 7) is 3.83. The van der Waals surface area contributed by atoms with E-state index in [9.17, 15) is 18.0 Å². The Labute approximate surface area is 181 Å². The molecular weight excluding hydrogens is 431 g/mol. The van der Waals surface area contributed by atoms with Crippen LogP contribution in [0.2, 0.25) is 0 Å². The Bertz CT molecular complexity index is 1050. The van der Waals surface area contributed by atoms with E-state index in [0.29, 0.717) is 24.8 Å². The number of thiazole rings is 1. The van der Waals surface area contributed by atoms with Crippen LogP contribution < -0.4 is 15.8 Å². The van der Waals surface area contributed by atoms with E-state index >= 15 is 0 Å². The number of fused-ring (bicyclic) bond motifs is 2. The Balaban J connectivity index is 1.42. The molecule has 1 aliphatic carbocycles. The number of hydrogen-bond donors (Lipinski definition) is 1. The first-order valence-electron chi connectivity index (χ1n) is 10.4. The molecule has 0 radical (unpaired) electrons. The zero-order valence-electron chi connectivity index (χ0n) is 17.3. The second kappa shape index (κ2) is 7.19. The molecule has 3 aliphatic rings. The maximum absolute atomic E-state index is 14.1. The molecule has 1 saturated heterocycles. The van der Waals surface area contributed by atoms with Crippen LogP contribution >= 0.6 is 11.3 Å². The maximum Gasteiger partial charge on any atom is 0.413 e. The van der Waals surface area contributed by atoms with Crippen molar-refractivity contribution in [2.45, 2.75) is 51.1 Å². The highest BCUT2D eigenvalue weighted by Gasteiger charge is 2.59. The maximum atomic E-state index is 14.1. The van der Waals surface area contributed by atoms with Crippen LogP contribution in [-0.4, -0.2) is 52.1 Å². The van der Waals surface area contributed by atoms with Crippen LogP contribution in [0.25, 0.3) is 0 Å². The Hall–Kier alpha value is -2.14. The molecule has 2 unspecified atom stereocenters. The quantitative estimate of drug-likeness (QED) is 0.722. The molecule has 2 aromatic heterocycles. The van der Waals surface area contributed by atoms with Crippen LogP contribution in [0.3, 0.4) is 0 Å². The van der Waals surface area contributed by atoms with Crippen LogP contribution in [0.5, 0.6) is 0 Å². The fourth-order valence-corrected chi connectivity index (χ4v) is 5.40. The van der Waals surface area contributed by atoms with Crippen molar-refractivity contribution >= 4 is 23.1 Å². The summed E-state index contributed by atoms with van der Waals surface area (Å²) in [6.07, 6.45) is -2.91. The van der Waals surface area contributed by atoms with Gasteiger partial charge in [0.2, 0.25) is 5.95 Å². The fraction of sp³-hybridized carbons (Fsp3) is 0.650. The molecule has 4 atom stereocenters. The molecular formula is C20H24F3N5O2S. The molecule has 168 valence electrons. The average Bonchev–Trinajstić information content (AvgIpc) is 3.01. The Morgan fingerprint density at radius 1 is 1.42 bits per heavy atom. The minimum atomic E-state index is -4.53. The van der Waals surface area contributed by atoms with E-state index in [0.717, 1.165) is 35.1 Å². The lowest BCUT2D eigenvalue weighted by Gasteiger charge is -2.36. The van der Waals surface area contributed by atoms with Gasteiger partial charge in [0, 0.05) is 30.5 Å². The third-order valence-electron chi connectivity index (χ3n) is 6.77. The summed E-state index contributed by atoms with van der Waals surface area (Å²) < 4.78 is 49.2. The van der Waals surface area contributed by atoms with Gasteiger partial charge in [0.15, 0.2) is 5.54 Å². The highest BCUT2D eigenvalue weighted by Crippen LogP contribution is 2.48. The SMILES string of the molecule is Cc1ncsc1CCN1c2nc(NC[C@H]3OCC4CC43)cc(=O)n2C[C@@]1(C)C(F)(F)F. The van der Waals surface area contributed by atoms with Crippen molar-refractivity contribution in [3.05, 3.63) is 32.5 Å². The molecule has 4 heterocycles. The van der Waals surface area contributed by atoms with Gasteiger partial charge in [-0.25, -0.2) is 4.98 Å². The van der Waals surface area contributed by atoms with E-state index in [1.807, 2.05) is 6.92 Å². The summed E-state index contributed by atoms with van der Waals surface area (Å²) in [4.78, 5) is 23.5. The van der Waals surface area contributed by atoms with Crippen molar-refractivity contribution in [1.82, 2.24) is 14.5 Å². The molecule has 5 rings (SSSR count). The summed E-state index contributed by atoms with van der Waals surface area (Å²) >= 11 is 1.42. The lowest BCUT2D eigenvalue weighted by Crippen LogP contribution is -2.56. The molecule has 1 saturated carbocycles. The molecule has 2 aromatic rings. The summed E-state index contributed by atoms with van der Waals surface area (Å²) in [7, 11) is 0. The van der Waals surface area contributed by atoms with Gasteiger partial charge < -0.3 is 15.0 Å². The molecule has 0 bridgehead atoms. The van der Waals surface area contributed by atoms with Gasteiger partial charge in [0.05, 0.1) is 30.5 Å². The predicted octanol–water partition coefficient (Wildman–Crippen LogP) is 2.84. The van der Waals surface area contributed by atoms with Gasteiger partial charge in [-0.3, -0.25) is 9.36 Å². The summed E-state index contributed by atoms with van der Waals surface area (Å²) in [5.74, 6) is 1.50. The lowest BCUT2D eigenvalue weighted by atomic mass is 10.0. The number of aromatic nitrogens is 3. The first-order valence-corrected chi connectivity index (χ1v) is 11.3. The highest BCUT2D eigenvalue weighted by atomic mass is 32.1. The normalized spacial score (nSPS) is 29.2. The van der Waals surface area contributed by atoms with Crippen LogP contribution in [0.15, 0.2) is 16.4 Å². The van der Waals surface area contributed by atoms with Crippen LogP contribution in [-0.2, 0) is 17.7 Å². The molecule has 1 N–H and O–H groups in total. The van der Waals surface area contributed by atoms with Gasteiger partial charge >= 0.3 is 6.18 Å². The Morgan fingerprint density at radius 3 is 2.84 bits per heavy atom. The van der Waals surface area contributed by atoms with Crippen molar-refractivity contribution in [3.63, 3.8) is 0 Å². The largest absolute Gasteiger partial charge is 0.413 e. The van der Waals surface area contributed by atoms with E-state index < -0.39 is 23.8 Å². The van der Waals surface area contributed by atoms with E-state index in [-0.39, 0.29) is 24.4 Å². The van der Waals surface area contributed by atoms with Gasteiger partial charge in [-0.05, 0) is 32.1 Å². The highest BCUT2D eigenvalue weighted by molar-refractivity contribution is 7.09. The minimum Gasteiger partial charge on any atom is -0.376 e. The summed E-state index contributed by atoms with van der Waals surface area (Å²) in [6, 6.07) is 1.27. The van der Waals surface area contributed by atoms with E-state index in [1.165, 1.54) is 22.3 Å². The molecule has 0 aromatic carbocycles. The van der Waals surface area contributed by atoms with Crippen molar-refractivity contribution in [1.29, 1.82) is 0 Å². The van der Waals surface area contributed by atoms with Crippen LogP contribution in [0.4, 0.5) is 24.9 Å². The monoisotopic (exact) mass is 455 g/mol. The topological polar surface area (TPSA) is 72.3 Å². The number of rotatable bonds is 6. The number of hydrogen-bond acceptors (Lipinski definition) is 7. The summed E-state index contributed by atoms with van der Waals surface area (Å²) in [5, 5.41) is 3.11. The van der Waals surface area contributed by atoms with Gasteiger partial charge in [0.1, 0.15) is 5.82 Å². The number of anilines is 2. The second-order valence-electron chi connectivity index (χ2n) is 8.81. The number of nitrogens with zero attached hydrogens (tertiary/aromatic N) is 4. The first-order chi connectivity index (χ1) is 14.7. The number of halogens is 3. The molecule has 2 fully saturated rings. The van der Waals surface area contributed by atoms with Crippen molar-refractivity contribution < 1.29 is 17.9 Å². The smallest absolute Gasteiger partial charge is 0.376 e. The zero-order valence-corrected chi connectivity index (χ0v) is 18.1. The minimum absolute atomic E-state index is 0.0497. The Kier molecular flexibility index (Phi) is 4.81. The third kappa shape index (κ3) is 3.51. The van der Waals surface area contributed by atoms with E-state index in [2.05, 4.69) is 15.3 Å². The van der Waals surface area contributed by atoms with Crippen molar-refractivity contribution in [2.24, 2.45) is 11.8 Å².